The van der Waals surface area contributed by atoms with Crippen LogP contribution in [0.15, 0.2) is 35.9 Å². The summed E-state index contributed by atoms with van der Waals surface area (Å²) in [4.78, 5) is 0. The van der Waals surface area contributed by atoms with Crippen LogP contribution in [0.4, 0.5) is 0 Å². The van der Waals surface area contributed by atoms with Crippen LogP contribution in [0.5, 0.6) is 0 Å². The molecule has 15 heavy (non-hydrogen) atoms. The van der Waals surface area contributed by atoms with E-state index in [9.17, 15) is 0 Å². The van der Waals surface area contributed by atoms with Gasteiger partial charge < -0.3 is 5.32 Å². The molecule has 0 aromatic heterocycles. The van der Waals surface area contributed by atoms with Crippen molar-refractivity contribution in [2.24, 2.45) is 0 Å². The van der Waals surface area contributed by atoms with E-state index in [4.69, 9.17) is 0 Å². The molecule has 0 radical (unpaired) electrons. The van der Waals surface area contributed by atoms with Gasteiger partial charge in [0.1, 0.15) is 0 Å². The maximum Gasteiger partial charge on any atom is 0.0294 e. The number of rotatable bonds is 4. The van der Waals surface area contributed by atoms with E-state index >= 15 is 0 Å². The van der Waals surface area contributed by atoms with Crippen molar-refractivity contribution >= 4 is 0 Å². The molecule has 0 heterocycles. The van der Waals surface area contributed by atoms with Crippen LogP contribution in [0, 0.1) is 6.92 Å². The molecule has 1 rings (SSSR count). The van der Waals surface area contributed by atoms with Gasteiger partial charge in [0.05, 0.1) is 0 Å². The van der Waals surface area contributed by atoms with Crippen molar-refractivity contribution in [3.8, 4) is 0 Å². The van der Waals surface area contributed by atoms with Gasteiger partial charge in [-0.25, -0.2) is 0 Å². The molecule has 1 atom stereocenters. The fourth-order valence-corrected chi connectivity index (χ4v) is 1.41. The third-order valence-electron chi connectivity index (χ3n) is 2.51. The Bertz CT molecular complexity index is 318. The number of benzene rings is 1. The minimum absolute atomic E-state index is 0.418. The first kappa shape index (κ1) is 12.0. The largest absolute Gasteiger partial charge is 0.307 e. The quantitative estimate of drug-likeness (QED) is 0.737. The topological polar surface area (TPSA) is 12.0 Å². The lowest BCUT2D eigenvalue weighted by Gasteiger charge is -2.13. The Morgan fingerprint density at radius 3 is 2.40 bits per heavy atom. The molecule has 82 valence electrons. The molecule has 1 heteroatoms. The van der Waals surface area contributed by atoms with Crippen molar-refractivity contribution in [3.05, 3.63) is 47.0 Å². The Hall–Kier alpha value is -1.08. The summed E-state index contributed by atoms with van der Waals surface area (Å²) in [5.41, 5.74) is 4.02. The SMILES string of the molecule is CC(C)=CCNC(C)c1ccc(C)cc1. The van der Waals surface area contributed by atoms with E-state index < -0.39 is 0 Å². The Morgan fingerprint density at radius 1 is 1.27 bits per heavy atom. The second kappa shape index (κ2) is 5.72. The van der Waals surface area contributed by atoms with Gasteiger partial charge in [-0.2, -0.15) is 0 Å². The van der Waals surface area contributed by atoms with E-state index in [0.29, 0.717) is 6.04 Å². The Kier molecular flexibility index (Phi) is 4.57. The number of allylic oxidation sites excluding steroid dienone is 1. The van der Waals surface area contributed by atoms with E-state index in [-0.39, 0.29) is 0 Å². The van der Waals surface area contributed by atoms with Crippen molar-refractivity contribution in [2.75, 3.05) is 6.54 Å². The van der Waals surface area contributed by atoms with Gasteiger partial charge in [-0.05, 0) is 33.3 Å². The molecule has 0 aliphatic rings. The highest BCUT2D eigenvalue weighted by Gasteiger charge is 2.02. The predicted molar refractivity (Wildman–Crippen MR) is 67.0 cm³/mol. The summed E-state index contributed by atoms with van der Waals surface area (Å²) >= 11 is 0. The predicted octanol–water partition coefficient (Wildman–Crippen LogP) is 3.61. The minimum Gasteiger partial charge on any atom is -0.307 e. The molecule has 1 aromatic carbocycles. The van der Waals surface area contributed by atoms with Crippen molar-refractivity contribution in [1.29, 1.82) is 0 Å². The van der Waals surface area contributed by atoms with Crippen LogP contribution in [0.3, 0.4) is 0 Å². The maximum absolute atomic E-state index is 3.47. The third-order valence-corrected chi connectivity index (χ3v) is 2.51. The second-order valence-electron chi connectivity index (χ2n) is 4.32. The average Bonchev–Trinajstić information content (AvgIpc) is 2.18. The summed E-state index contributed by atoms with van der Waals surface area (Å²) in [6.07, 6.45) is 2.21. The monoisotopic (exact) mass is 203 g/mol. The van der Waals surface area contributed by atoms with Crippen LogP contribution in [0.2, 0.25) is 0 Å². The molecular formula is C14H21N. The molecular weight excluding hydrogens is 182 g/mol. The van der Waals surface area contributed by atoms with Gasteiger partial charge in [-0.15, -0.1) is 0 Å². The van der Waals surface area contributed by atoms with Crippen molar-refractivity contribution < 1.29 is 0 Å². The number of nitrogens with one attached hydrogen (secondary N) is 1. The van der Waals surface area contributed by atoms with Crippen LogP contribution in [-0.2, 0) is 0 Å². The summed E-state index contributed by atoms with van der Waals surface area (Å²) in [5, 5.41) is 3.47. The summed E-state index contributed by atoms with van der Waals surface area (Å²) in [6.45, 7) is 9.50. The van der Waals surface area contributed by atoms with Gasteiger partial charge in [-0.1, -0.05) is 41.5 Å². The summed E-state index contributed by atoms with van der Waals surface area (Å²) in [7, 11) is 0. The normalized spacial score (nSPS) is 12.3. The molecule has 0 amide bonds. The Balaban J connectivity index is 2.50. The molecule has 1 N–H and O–H groups in total. The molecule has 0 bridgehead atoms. The van der Waals surface area contributed by atoms with Gasteiger partial charge in [-0.3, -0.25) is 0 Å². The standard InChI is InChI=1S/C14H21N/c1-11(2)9-10-15-13(4)14-7-5-12(3)6-8-14/h5-9,13,15H,10H2,1-4H3. The average molecular weight is 203 g/mol. The van der Waals surface area contributed by atoms with Gasteiger partial charge in [0.15, 0.2) is 0 Å². The van der Waals surface area contributed by atoms with E-state index in [1.165, 1.54) is 16.7 Å². The highest BCUT2D eigenvalue weighted by Crippen LogP contribution is 2.12. The molecule has 0 spiro atoms. The Morgan fingerprint density at radius 2 is 1.87 bits per heavy atom. The van der Waals surface area contributed by atoms with Crippen molar-refractivity contribution in [1.82, 2.24) is 5.32 Å². The second-order valence-corrected chi connectivity index (χ2v) is 4.32. The Labute approximate surface area is 93.2 Å². The molecule has 1 nitrogen and oxygen atoms in total. The number of aryl methyl sites for hydroxylation is 1. The fraction of sp³-hybridized carbons (Fsp3) is 0.429. The highest BCUT2D eigenvalue weighted by molar-refractivity contribution is 5.23. The van der Waals surface area contributed by atoms with Gasteiger partial charge >= 0.3 is 0 Å². The lowest BCUT2D eigenvalue weighted by molar-refractivity contribution is 0.616. The molecule has 0 saturated carbocycles. The zero-order chi connectivity index (χ0) is 11.3. The number of hydrogen-bond acceptors (Lipinski definition) is 1. The maximum atomic E-state index is 3.47. The third kappa shape index (κ3) is 4.30. The van der Waals surface area contributed by atoms with E-state index in [1.807, 2.05) is 0 Å². The molecule has 0 fully saturated rings. The smallest absolute Gasteiger partial charge is 0.0294 e. The molecule has 1 aromatic rings. The van der Waals surface area contributed by atoms with E-state index in [0.717, 1.165) is 6.54 Å². The first-order valence-corrected chi connectivity index (χ1v) is 5.53. The van der Waals surface area contributed by atoms with Crippen molar-refractivity contribution in [2.45, 2.75) is 33.7 Å². The molecule has 0 saturated heterocycles. The lowest BCUT2D eigenvalue weighted by atomic mass is 10.1. The lowest BCUT2D eigenvalue weighted by Crippen LogP contribution is -2.18. The van der Waals surface area contributed by atoms with Crippen LogP contribution >= 0.6 is 0 Å². The zero-order valence-electron chi connectivity index (χ0n) is 10.2. The van der Waals surface area contributed by atoms with Crippen LogP contribution < -0.4 is 5.32 Å². The highest BCUT2D eigenvalue weighted by atomic mass is 14.9. The van der Waals surface area contributed by atoms with Crippen LogP contribution in [-0.4, -0.2) is 6.54 Å². The fourth-order valence-electron chi connectivity index (χ4n) is 1.41. The molecule has 1 unspecified atom stereocenters. The van der Waals surface area contributed by atoms with Gasteiger partial charge in [0, 0.05) is 12.6 Å². The molecule has 0 aliphatic heterocycles. The zero-order valence-corrected chi connectivity index (χ0v) is 10.2. The van der Waals surface area contributed by atoms with Gasteiger partial charge in [0.25, 0.3) is 0 Å². The van der Waals surface area contributed by atoms with E-state index in [2.05, 4.69) is 63.4 Å². The minimum atomic E-state index is 0.418. The summed E-state index contributed by atoms with van der Waals surface area (Å²) in [5.74, 6) is 0. The van der Waals surface area contributed by atoms with Crippen molar-refractivity contribution in [3.63, 3.8) is 0 Å². The van der Waals surface area contributed by atoms with Gasteiger partial charge in [0.2, 0.25) is 0 Å². The summed E-state index contributed by atoms with van der Waals surface area (Å²) in [6, 6.07) is 9.12. The van der Waals surface area contributed by atoms with Crippen LogP contribution in [0.1, 0.15) is 37.9 Å². The summed E-state index contributed by atoms with van der Waals surface area (Å²) < 4.78 is 0. The number of hydrogen-bond donors (Lipinski definition) is 1. The molecule has 0 aliphatic carbocycles. The first-order chi connectivity index (χ1) is 7.09. The van der Waals surface area contributed by atoms with E-state index in [1.54, 1.807) is 0 Å². The first-order valence-electron chi connectivity index (χ1n) is 5.53. The van der Waals surface area contributed by atoms with Crippen LogP contribution in [0.25, 0.3) is 0 Å².